The summed E-state index contributed by atoms with van der Waals surface area (Å²) < 4.78 is 47.8. The molecule has 0 saturated heterocycles. The number of ketones is 1. The zero-order valence-corrected chi connectivity index (χ0v) is 13.5. The van der Waals surface area contributed by atoms with Gasteiger partial charge in [-0.05, 0) is 33.1 Å². The van der Waals surface area contributed by atoms with Crippen LogP contribution in [0, 0.1) is 0 Å². The van der Waals surface area contributed by atoms with Crippen LogP contribution in [0.1, 0.15) is 39.5 Å². The van der Waals surface area contributed by atoms with Gasteiger partial charge in [0.2, 0.25) is 0 Å². The molecule has 1 rings (SSSR count). The van der Waals surface area contributed by atoms with E-state index in [0.717, 1.165) is 6.42 Å². The fourth-order valence-electron chi connectivity index (χ4n) is 2.06. The molecule has 1 saturated carbocycles. The fourth-order valence-corrected chi connectivity index (χ4v) is 2.06. The number of carbonyl (C=O) groups excluding carboxylic acids is 3. The van der Waals surface area contributed by atoms with Crippen LogP contribution >= 0.6 is 0 Å². The van der Waals surface area contributed by atoms with Crippen molar-refractivity contribution in [2.75, 3.05) is 13.2 Å². The predicted molar refractivity (Wildman–Crippen MR) is 76.7 cm³/mol. The lowest BCUT2D eigenvalue weighted by Gasteiger charge is -2.29. The third-order valence-electron chi connectivity index (χ3n) is 3.38. The number of nitrogens with one attached hydrogen (secondary N) is 1. The molecule has 1 N–H and O–H groups in total. The first-order chi connectivity index (χ1) is 11.2. The topological polar surface area (TPSA) is 81.7 Å². The van der Waals surface area contributed by atoms with Crippen molar-refractivity contribution in [3.63, 3.8) is 0 Å². The van der Waals surface area contributed by atoms with Crippen molar-refractivity contribution in [3.8, 4) is 0 Å². The molecule has 24 heavy (non-hydrogen) atoms. The van der Waals surface area contributed by atoms with E-state index in [1.165, 1.54) is 13.8 Å². The van der Waals surface area contributed by atoms with Gasteiger partial charge in [-0.2, -0.15) is 13.2 Å². The maximum absolute atomic E-state index is 12.8. The summed E-state index contributed by atoms with van der Waals surface area (Å²) in [6, 6.07) is -0.195. The molecule has 0 atom stereocenters. The number of esters is 2. The lowest BCUT2D eigenvalue weighted by molar-refractivity contribution is -0.169. The zero-order valence-electron chi connectivity index (χ0n) is 13.5. The molecule has 0 radical (unpaired) electrons. The van der Waals surface area contributed by atoms with Crippen molar-refractivity contribution in [1.82, 2.24) is 5.32 Å². The van der Waals surface area contributed by atoms with Crippen LogP contribution < -0.4 is 5.32 Å². The summed E-state index contributed by atoms with van der Waals surface area (Å²) in [5.41, 5.74) is -1.59. The number of hydrogen-bond acceptors (Lipinski definition) is 6. The van der Waals surface area contributed by atoms with Gasteiger partial charge in [0.1, 0.15) is 5.57 Å². The van der Waals surface area contributed by atoms with E-state index < -0.39 is 41.6 Å². The number of alkyl halides is 3. The largest absolute Gasteiger partial charge is 0.466 e. The molecule has 0 bridgehead atoms. The fraction of sp³-hybridized carbons (Fsp3) is 0.667. The molecule has 1 fully saturated rings. The molecule has 0 amide bonds. The van der Waals surface area contributed by atoms with Gasteiger partial charge >= 0.3 is 18.1 Å². The first-order valence-electron chi connectivity index (χ1n) is 7.64. The van der Waals surface area contributed by atoms with E-state index in [-0.39, 0.29) is 19.3 Å². The summed E-state index contributed by atoms with van der Waals surface area (Å²) in [5, 5.41) is 2.69. The van der Waals surface area contributed by atoms with E-state index in [9.17, 15) is 27.6 Å². The van der Waals surface area contributed by atoms with Crippen LogP contribution in [-0.4, -0.2) is 43.2 Å². The summed E-state index contributed by atoms with van der Waals surface area (Å²) in [6.07, 6.45) is -3.69. The Kier molecular flexibility index (Phi) is 7.24. The Balaban J connectivity index is 3.25. The van der Waals surface area contributed by atoms with Gasteiger partial charge < -0.3 is 14.8 Å². The van der Waals surface area contributed by atoms with Crippen molar-refractivity contribution in [3.05, 3.63) is 11.3 Å². The maximum Gasteiger partial charge on any atom is 0.455 e. The summed E-state index contributed by atoms with van der Waals surface area (Å²) in [5.74, 6) is -4.59. The third kappa shape index (κ3) is 5.54. The van der Waals surface area contributed by atoms with E-state index in [4.69, 9.17) is 4.74 Å². The molecule has 0 aromatic rings. The number of Topliss-reactive ketones (excluding diaryl/α,β-unsaturated/α-hetero) is 1. The molecule has 0 aromatic heterocycles. The Bertz CT molecular complexity index is 524. The Morgan fingerprint density at radius 1 is 1.08 bits per heavy atom. The Labute approximate surface area is 137 Å². The van der Waals surface area contributed by atoms with Crippen LogP contribution in [0.3, 0.4) is 0 Å². The average molecular weight is 351 g/mol. The first-order valence-corrected chi connectivity index (χ1v) is 7.64. The Hall–Kier alpha value is -2.06. The average Bonchev–Trinajstić information content (AvgIpc) is 2.42. The van der Waals surface area contributed by atoms with Gasteiger partial charge in [0.25, 0.3) is 5.78 Å². The van der Waals surface area contributed by atoms with Gasteiger partial charge in [-0.1, -0.05) is 0 Å². The Morgan fingerprint density at radius 3 is 2.08 bits per heavy atom. The van der Waals surface area contributed by atoms with Crippen molar-refractivity contribution < 1.29 is 37.0 Å². The van der Waals surface area contributed by atoms with Crippen LogP contribution in [0.5, 0.6) is 0 Å². The summed E-state index contributed by atoms with van der Waals surface area (Å²) in [7, 11) is 0. The highest BCUT2D eigenvalue weighted by atomic mass is 19.4. The van der Waals surface area contributed by atoms with Crippen molar-refractivity contribution in [1.29, 1.82) is 0 Å². The lowest BCUT2D eigenvalue weighted by atomic mass is 9.92. The number of carbonyl (C=O) groups is 3. The first kappa shape index (κ1) is 20.0. The second-order valence-electron chi connectivity index (χ2n) is 5.15. The number of halogens is 3. The van der Waals surface area contributed by atoms with Gasteiger partial charge in [0, 0.05) is 11.7 Å². The van der Waals surface area contributed by atoms with Gasteiger partial charge in [0.15, 0.2) is 0 Å². The monoisotopic (exact) mass is 351 g/mol. The van der Waals surface area contributed by atoms with Gasteiger partial charge in [0.05, 0.1) is 19.6 Å². The summed E-state index contributed by atoms with van der Waals surface area (Å²) >= 11 is 0. The molecule has 0 aliphatic heterocycles. The number of rotatable bonds is 8. The second-order valence-corrected chi connectivity index (χ2v) is 5.15. The van der Waals surface area contributed by atoms with Crippen LogP contribution in [0.2, 0.25) is 0 Å². The third-order valence-corrected chi connectivity index (χ3v) is 3.38. The van der Waals surface area contributed by atoms with E-state index in [1.54, 1.807) is 0 Å². The number of hydrogen-bond donors (Lipinski definition) is 1. The molecule has 1 aliphatic carbocycles. The molecule has 6 nitrogen and oxygen atoms in total. The van der Waals surface area contributed by atoms with Crippen LogP contribution in [0.15, 0.2) is 11.3 Å². The molecule has 0 aromatic carbocycles. The summed E-state index contributed by atoms with van der Waals surface area (Å²) in [4.78, 5) is 35.2. The number of ether oxygens (including phenoxy) is 2. The van der Waals surface area contributed by atoms with Gasteiger partial charge in [-0.15, -0.1) is 0 Å². The minimum atomic E-state index is -5.26. The molecule has 1 aliphatic rings. The van der Waals surface area contributed by atoms with E-state index in [2.05, 4.69) is 10.1 Å². The molecular weight excluding hydrogens is 331 g/mol. The quantitative estimate of drug-likeness (QED) is 0.312. The van der Waals surface area contributed by atoms with Crippen LogP contribution in [0.25, 0.3) is 0 Å². The minimum absolute atomic E-state index is 0.0253. The van der Waals surface area contributed by atoms with E-state index in [1.807, 2.05) is 0 Å². The molecule has 0 heterocycles. The van der Waals surface area contributed by atoms with E-state index in [0.29, 0.717) is 12.8 Å². The molecule has 9 heteroatoms. The van der Waals surface area contributed by atoms with Gasteiger partial charge in [-0.3, -0.25) is 9.59 Å². The smallest absolute Gasteiger partial charge is 0.455 e. The summed E-state index contributed by atoms with van der Waals surface area (Å²) in [6.45, 7) is 2.76. The van der Waals surface area contributed by atoms with E-state index >= 15 is 0 Å². The molecule has 136 valence electrons. The molecular formula is C15H20F3NO5. The zero-order chi connectivity index (χ0) is 18.3. The maximum atomic E-state index is 12.8. The van der Waals surface area contributed by atoms with Crippen molar-refractivity contribution >= 4 is 17.7 Å². The Morgan fingerprint density at radius 2 is 1.67 bits per heavy atom. The second kappa shape index (κ2) is 8.70. The minimum Gasteiger partial charge on any atom is -0.466 e. The normalized spacial score (nSPS) is 15.9. The van der Waals surface area contributed by atoms with Crippen molar-refractivity contribution in [2.45, 2.75) is 51.7 Å². The van der Waals surface area contributed by atoms with Gasteiger partial charge in [-0.25, -0.2) is 4.79 Å². The predicted octanol–water partition coefficient (Wildman–Crippen LogP) is 2.03. The highest BCUT2D eigenvalue weighted by Crippen LogP contribution is 2.26. The SMILES string of the molecule is CCOC(=O)C/C(NC1CCC1)=C(/C(=O)OCC)C(=O)C(F)(F)F. The standard InChI is InChI=1S/C15H20F3NO5/c1-3-23-11(20)8-10(19-9-6-5-7-9)12(14(22)24-4-2)13(21)15(16,17)18/h9,19H,3-8H2,1-2H3/b12-10-. The lowest BCUT2D eigenvalue weighted by Crippen LogP contribution is -2.39. The van der Waals surface area contributed by atoms with Crippen LogP contribution in [0.4, 0.5) is 13.2 Å². The van der Waals surface area contributed by atoms with Crippen molar-refractivity contribution in [2.24, 2.45) is 0 Å². The highest BCUT2D eigenvalue weighted by molar-refractivity contribution is 6.20. The molecule has 0 spiro atoms. The molecule has 0 unspecified atom stereocenters. The van der Waals surface area contributed by atoms with Crippen LogP contribution in [-0.2, 0) is 23.9 Å². The highest BCUT2D eigenvalue weighted by Gasteiger charge is 2.45.